The van der Waals surface area contributed by atoms with Crippen molar-refractivity contribution >= 4 is 0 Å². The Morgan fingerprint density at radius 2 is 1.84 bits per heavy atom. The highest BCUT2D eigenvalue weighted by atomic mass is 15.1. The van der Waals surface area contributed by atoms with Gasteiger partial charge in [0.2, 0.25) is 0 Å². The van der Waals surface area contributed by atoms with Crippen LogP contribution in [0.4, 0.5) is 0 Å². The Kier molecular flexibility index (Phi) is 5.01. The summed E-state index contributed by atoms with van der Waals surface area (Å²) in [5, 5.41) is 0. The molecule has 0 fully saturated rings. The molecular weight excluding hydrogens is 236 g/mol. The number of hydrogen-bond acceptors (Lipinski definition) is 4. The normalized spacial score (nSPS) is 10.9. The van der Waals surface area contributed by atoms with Crippen LogP contribution in [0.5, 0.6) is 0 Å². The molecule has 0 aliphatic heterocycles. The van der Waals surface area contributed by atoms with Crippen LogP contribution in [0.25, 0.3) is 0 Å². The van der Waals surface area contributed by atoms with Crippen LogP contribution in [0.15, 0.2) is 42.9 Å². The number of nitrogens with two attached hydrogens (primary N) is 1. The lowest BCUT2D eigenvalue weighted by Gasteiger charge is -2.20. The molecule has 4 nitrogen and oxygen atoms in total. The van der Waals surface area contributed by atoms with Gasteiger partial charge in [0, 0.05) is 38.2 Å². The molecule has 100 valence electrons. The summed E-state index contributed by atoms with van der Waals surface area (Å²) in [6.45, 7) is 5.46. The number of pyridine rings is 2. The lowest BCUT2D eigenvalue weighted by Crippen LogP contribution is -2.22. The molecule has 0 saturated heterocycles. The fraction of sp³-hybridized carbons (Fsp3) is 0.333. The SMILES string of the molecule is CCN(Cc1ccncc1)Cc1ccc(CN)cn1. The topological polar surface area (TPSA) is 55.0 Å². The molecule has 0 spiro atoms. The van der Waals surface area contributed by atoms with Crippen molar-refractivity contribution in [2.75, 3.05) is 6.54 Å². The number of hydrogen-bond donors (Lipinski definition) is 1. The molecule has 0 unspecified atom stereocenters. The van der Waals surface area contributed by atoms with E-state index >= 15 is 0 Å². The van der Waals surface area contributed by atoms with Crippen molar-refractivity contribution < 1.29 is 0 Å². The Bertz CT molecular complexity index is 481. The van der Waals surface area contributed by atoms with Crippen LogP contribution in [0.1, 0.15) is 23.7 Å². The first-order valence-electron chi connectivity index (χ1n) is 6.57. The quantitative estimate of drug-likeness (QED) is 0.858. The molecule has 4 heteroatoms. The summed E-state index contributed by atoms with van der Waals surface area (Å²) in [4.78, 5) is 10.8. The van der Waals surface area contributed by atoms with E-state index in [0.717, 1.165) is 30.9 Å². The van der Waals surface area contributed by atoms with Crippen LogP contribution >= 0.6 is 0 Å². The second kappa shape index (κ2) is 6.97. The molecule has 2 rings (SSSR count). The fourth-order valence-corrected chi connectivity index (χ4v) is 1.92. The lowest BCUT2D eigenvalue weighted by molar-refractivity contribution is 0.268. The molecule has 19 heavy (non-hydrogen) atoms. The molecule has 0 amide bonds. The summed E-state index contributed by atoms with van der Waals surface area (Å²) >= 11 is 0. The Morgan fingerprint density at radius 1 is 1.05 bits per heavy atom. The Hall–Kier alpha value is -1.78. The molecule has 0 atom stereocenters. The van der Waals surface area contributed by atoms with Crippen molar-refractivity contribution in [1.82, 2.24) is 14.9 Å². The van der Waals surface area contributed by atoms with E-state index < -0.39 is 0 Å². The average molecular weight is 256 g/mol. The van der Waals surface area contributed by atoms with Gasteiger partial charge in [0.15, 0.2) is 0 Å². The van der Waals surface area contributed by atoms with Gasteiger partial charge in [-0.05, 0) is 35.9 Å². The first-order chi connectivity index (χ1) is 9.31. The van der Waals surface area contributed by atoms with Gasteiger partial charge < -0.3 is 5.73 Å². The predicted octanol–water partition coefficient (Wildman–Crippen LogP) is 1.96. The van der Waals surface area contributed by atoms with Crippen molar-refractivity contribution in [2.45, 2.75) is 26.6 Å². The molecule has 2 aromatic heterocycles. The van der Waals surface area contributed by atoms with E-state index in [-0.39, 0.29) is 0 Å². The third-order valence-corrected chi connectivity index (χ3v) is 3.11. The van der Waals surface area contributed by atoms with E-state index in [9.17, 15) is 0 Å². The molecule has 2 aromatic rings. The second-order valence-electron chi connectivity index (χ2n) is 4.52. The molecule has 0 aromatic carbocycles. The van der Waals surface area contributed by atoms with Crippen LogP contribution in [0.3, 0.4) is 0 Å². The molecular formula is C15H20N4. The smallest absolute Gasteiger partial charge is 0.0544 e. The van der Waals surface area contributed by atoms with Crippen LogP contribution < -0.4 is 5.73 Å². The summed E-state index contributed by atoms with van der Waals surface area (Å²) in [5.74, 6) is 0. The van der Waals surface area contributed by atoms with Crippen molar-refractivity contribution in [2.24, 2.45) is 5.73 Å². The summed E-state index contributed by atoms with van der Waals surface area (Å²) in [7, 11) is 0. The molecule has 0 aliphatic rings. The van der Waals surface area contributed by atoms with Crippen LogP contribution in [-0.2, 0) is 19.6 Å². The summed E-state index contributed by atoms with van der Waals surface area (Å²) in [5.41, 5.74) is 8.99. The summed E-state index contributed by atoms with van der Waals surface area (Å²) in [6.07, 6.45) is 5.52. The van der Waals surface area contributed by atoms with E-state index in [1.807, 2.05) is 36.8 Å². The maximum atomic E-state index is 5.57. The summed E-state index contributed by atoms with van der Waals surface area (Å²) in [6, 6.07) is 8.20. The maximum Gasteiger partial charge on any atom is 0.0544 e. The maximum absolute atomic E-state index is 5.57. The monoisotopic (exact) mass is 256 g/mol. The van der Waals surface area contributed by atoms with Gasteiger partial charge in [-0.2, -0.15) is 0 Å². The minimum atomic E-state index is 0.543. The Morgan fingerprint density at radius 3 is 2.42 bits per heavy atom. The summed E-state index contributed by atoms with van der Waals surface area (Å²) < 4.78 is 0. The lowest BCUT2D eigenvalue weighted by atomic mass is 10.2. The Balaban J connectivity index is 1.98. The van der Waals surface area contributed by atoms with Crippen LogP contribution in [-0.4, -0.2) is 21.4 Å². The van der Waals surface area contributed by atoms with Gasteiger partial charge in [0.1, 0.15) is 0 Å². The van der Waals surface area contributed by atoms with Gasteiger partial charge in [-0.3, -0.25) is 14.9 Å². The molecule has 0 aliphatic carbocycles. The largest absolute Gasteiger partial charge is 0.326 e. The van der Waals surface area contributed by atoms with E-state index in [1.54, 1.807) is 0 Å². The third kappa shape index (κ3) is 4.12. The van der Waals surface area contributed by atoms with Crippen LogP contribution in [0, 0.1) is 0 Å². The highest BCUT2D eigenvalue weighted by molar-refractivity contribution is 5.14. The predicted molar refractivity (Wildman–Crippen MR) is 76.2 cm³/mol. The standard InChI is InChI=1S/C15H20N4/c1-2-19(11-13-5-7-17-8-6-13)12-15-4-3-14(9-16)10-18-15/h3-8,10H,2,9,11-12,16H2,1H3. The highest BCUT2D eigenvalue weighted by Gasteiger charge is 2.05. The van der Waals surface area contributed by atoms with Crippen molar-refractivity contribution in [1.29, 1.82) is 0 Å². The number of aromatic nitrogens is 2. The second-order valence-corrected chi connectivity index (χ2v) is 4.52. The fourth-order valence-electron chi connectivity index (χ4n) is 1.92. The van der Waals surface area contributed by atoms with Gasteiger partial charge in [0.05, 0.1) is 5.69 Å². The molecule has 0 saturated carbocycles. The first kappa shape index (κ1) is 13.6. The van der Waals surface area contributed by atoms with Crippen molar-refractivity contribution in [3.63, 3.8) is 0 Å². The number of rotatable bonds is 6. The number of nitrogens with zero attached hydrogens (tertiary/aromatic N) is 3. The minimum absolute atomic E-state index is 0.543. The zero-order valence-corrected chi connectivity index (χ0v) is 11.3. The van der Waals surface area contributed by atoms with Crippen molar-refractivity contribution in [3.8, 4) is 0 Å². The van der Waals surface area contributed by atoms with E-state index in [0.29, 0.717) is 6.54 Å². The highest BCUT2D eigenvalue weighted by Crippen LogP contribution is 2.08. The van der Waals surface area contributed by atoms with E-state index in [4.69, 9.17) is 5.73 Å². The van der Waals surface area contributed by atoms with Gasteiger partial charge in [-0.25, -0.2) is 0 Å². The zero-order valence-electron chi connectivity index (χ0n) is 11.3. The third-order valence-electron chi connectivity index (χ3n) is 3.11. The van der Waals surface area contributed by atoms with Gasteiger partial charge in [0.25, 0.3) is 0 Å². The van der Waals surface area contributed by atoms with E-state index in [1.165, 1.54) is 5.56 Å². The average Bonchev–Trinajstić information content (AvgIpc) is 2.48. The van der Waals surface area contributed by atoms with Gasteiger partial charge in [-0.15, -0.1) is 0 Å². The Labute approximate surface area is 114 Å². The zero-order chi connectivity index (χ0) is 13.5. The minimum Gasteiger partial charge on any atom is -0.326 e. The van der Waals surface area contributed by atoms with Gasteiger partial charge >= 0.3 is 0 Å². The molecule has 2 heterocycles. The van der Waals surface area contributed by atoms with Crippen LogP contribution in [0.2, 0.25) is 0 Å². The van der Waals surface area contributed by atoms with Crippen molar-refractivity contribution in [3.05, 3.63) is 59.7 Å². The molecule has 2 N–H and O–H groups in total. The molecule has 0 radical (unpaired) electrons. The first-order valence-corrected chi connectivity index (χ1v) is 6.57. The van der Waals surface area contributed by atoms with E-state index in [2.05, 4.69) is 27.9 Å². The molecule has 0 bridgehead atoms. The van der Waals surface area contributed by atoms with Gasteiger partial charge in [-0.1, -0.05) is 13.0 Å².